The molecule has 1 N–H and O–H groups in total. The molecule has 4 nitrogen and oxygen atoms in total. The van der Waals surface area contributed by atoms with Crippen LogP contribution in [0.15, 0.2) is 42.5 Å². The molecule has 2 rings (SSSR count). The number of benzene rings is 2. The fourth-order valence-electron chi connectivity index (χ4n) is 2.22. The lowest BCUT2D eigenvalue weighted by atomic mass is 10.1. The van der Waals surface area contributed by atoms with Gasteiger partial charge in [-0.2, -0.15) is 0 Å². The van der Waals surface area contributed by atoms with Crippen molar-refractivity contribution in [1.82, 2.24) is 0 Å². The molecule has 0 unspecified atom stereocenters. The number of halogens is 1. The normalized spacial score (nSPS) is 10.4. The van der Waals surface area contributed by atoms with Gasteiger partial charge in [-0.15, -0.1) is 0 Å². The lowest BCUT2D eigenvalue weighted by Crippen LogP contribution is -2.03. The average Bonchev–Trinajstić information content (AvgIpc) is 2.46. The fourth-order valence-corrected chi connectivity index (χ4v) is 2.22. The maximum atomic E-state index is 13.4. The predicted octanol–water partition coefficient (Wildman–Crippen LogP) is 4.30. The van der Waals surface area contributed by atoms with Crippen LogP contribution in [0.1, 0.15) is 24.5 Å². The third-order valence-corrected chi connectivity index (χ3v) is 3.17. The third-order valence-electron chi connectivity index (χ3n) is 3.17. The maximum Gasteiger partial charge on any atom is 0.272 e. The van der Waals surface area contributed by atoms with Gasteiger partial charge in [0, 0.05) is 18.3 Å². The summed E-state index contributed by atoms with van der Waals surface area (Å²) in [6.07, 6.45) is 1.98. The Morgan fingerprint density at radius 1 is 1.24 bits per heavy atom. The molecule has 110 valence electrons. The summed E-state index contributed by atoms with van der Waals surface area (Å²) in [7, 11) is 0. The van der Waals surface area contributed by atoms with E-state index in [2.05, 4.69) is 12.2 Å². The van der Waals surface area contributed by atoms with Crippen LogP contribution in [0, 0.1) is 15.9 Å². The summed E-state index contributed by atoms with van der Waals surface area (Å²) >= 11 is 0. The molecule has 2 aromatic rings. The molecular formula is C16H17FN2O2. The van der Waals surface area contributed by atoms with Gasteiger partial charge in [-0.05, 0) is 29.7 Å². The summed E-state index contributed by atoms with van der Waals surface area (Å²) in [4.78, 5) is 10.2. The third kappa shape index (κ3) is 4.02. The summed E-state index contributed by atoms with van der Waals surface area (Å²) in [5.74, 6) is -0.595. The number of nitro groups is 1. The van der Waals surface area contributed by atoms with E-state index in [-0.39, 0.29) is 5.69 Å². The Morgan fingerprint density at radius 2 is 2.00 bits per heavy atom. The Morgan fingerprint density at radius 3 is 2.71 bits per heavy atom. The Bertz CT molecular complexity index is 644. The molecule has 0 bridgehead atoms. The first-order valence-corrected chi connectivity index (χ1v) is 6.85. The Hall–Kier alpha value is -2.43. The predicted molar refractivity (Wildman–Crippen MR) is 80.8 cm³/mol. The Kier molecular flexibility index (Phi) is 4.87. The van der Waals surface area contributed by atoms with E-state index in [1.165, 1.54) is 17.7 Å². The highest BCUT2D eigenvalue weighted by Gasteiger charge is 2.10. The van der Waals surface area contributed by atoms with Gasteiger partial charge in [0.2, 0.25) is 0 Å². The standard InChI is InChI=1S/C16H17FN2O2/c1-2-5-13-6-3-4-7-16(13)18-11-12-8-14(17)10-15(9-12)19(20)21/h3-4,6-10,18H,2,5,11H2,1H3. The zero-order chi connectivity index (χ0) is 15.2. The second kappa shape index (κ2) is 6.83. The molecule has 0 atom stereocenters. The number of hydrogen-bond acceptors (Lipinski definition) is 3. The molecule has 0 aliphatic heterocycles. The van der Waals surface area contributed by atoms with Gasteiger partial charge >= 0.3 is 0 Å². The molecule has 0 fully saturated rings. The second-order valence-corrected chi connectivity index (χ2v) is 4.84. The second-order valence-electron chi connectivity index (χ2n) is 4.84. The molecule has 21 heavy (non-hydrogen) atoms. The summed E-state index contributed by atoms with van der Waals surface area (Å²) in [5, 5.41) is 14.0. The van der Waals surface area contributed by atoms with E-state index in [0.717, 1.165) is 24.6 Å². The van der Waals surface area contributed by atoms with Gasteiger partial charge in [0.15, 0.2) is 0 Å². The van der Waals surface area contributed by atoms with Crippen LogP contribution in [-0.2, 0) is 13.0 Å². The molecular weight excluding hydrogens is 271 g/mol. The lowest BCUT2D eigenvalue weighted by Gasteiger charge is -2.11. The number of anilines is 1. The zero-order valence-corrected chi connectivity index (χ0v) is 11.8. The molecule has 5 heteroatoms. The quantitative estimate of drug-likeness (QED) is 0.637. The van der Waals surface area contributed by atoms with Crippen LogP contribution >= 0.6 is 0 Å². The first kappa shape index (κ1) is 15.0. The van der Waals surface area contributed by atoms with Crippen LogP contribution in [0.3, 0.4) is 0 Å². The molecule has 0 saturated carbocycles. The minimum Gasteiger partial charge on any atom is -0.381 e. The summed E-state index contributed by atoms with van der Waals surface area (Å²) in [6, 6.07) is 11.5. The van der Waals surface area contributed by atoms with Gasteiger partial charge in [-0.25, -0.2) is 4.39 Å². The van der Waals surface area contributed by atoms with Crippen molar-refractivity contribution in [3.8, 4) is 0 Å². The van der Waals surface area contributed by atoms with Crippen LogP contribution in [0.4, 0.5) is 15.8 Å². The molecule has 0 radical (unpaired) electrons. The van der Waals surface area contributed by atoms with Gasteiger partial charge in [0.25, 0.3) is 5.69 Å². The lowest BCUT2D eigenvalue weighted by molar-refractivity contribution is -0.385. The minimum absolute atomic E-state index is 0.228. The van der Waals surface area contributed by atoms with E-state index in [4.69, 9.17) is 0 Å². The van der Waals surface area contributed by atoms with Crippen LogP contribution in [0.5, 0.6) is 0 Å². The van der Waals surface area contributed by atoms with Crippen molar-refractivity contribution in [2.45, 2.75) is 26.3 Å². The SMILES string of the molecule is CCCc1ccccc1NCc1cc(F)cc([N+](=O)[O-])c1. The van der Waals surface area contributed by atoms with E-state index in [9.17, 15) is 14.5 Å². The summed E-state index contributed by atoms with van der Waals surface area (Å²) in [6.45, 7) is 2.45. The minimum atomic E-state index is -0.595. The van der Waals surface area contributed by atoms with Crippen molar-refractivity contribution in [2.24, 2.45) is 0 Å². The van der Waals surface area contributed by atoms with Crippen molar-refractivity contribution in [2.75, 3.05) is 5.32 Å². The van der Waals surface area contributed by atoms with Gasteiger partial charge in [-0.1, -0.05) is 31.5 Å². The van der Waals surface area contributed by atoms with Crippen LogP contribution in [0.25, 0.3) is 0 Å². The van der Waals surface area contributed by atoms with Gasteiger partial charge in [-0.3, -0.25) is 10.1 Å². The van der Waals surface area contributed by atoms with E-state index >= 15 is 0 Å². The topological polar surface area (TPSA) is 55.2 Å². The zero-order valence-electron chi connectivity index (χ0n) is 11.8. The largest absolute Gasteiger partial charge is 0.381 e. The number of aryl methyl sites for hydroxylation is 1. The van der Waals surface area contributed by atoms with Gasteiger partial charge in [0.05, 0.1) is 11.0 Å². The van der Waals surface area contributed by atoms with E-state index in [0.29, 0.717) is 12.1 Å². The highest BCUT2D eigenvalue weighted by atomic mass is 19.1. The average molecular weight is 288 g/mol. The van der Waals surface area contributed by atoms with Crippen molar-refractivity contribution < 1.29 is 9.31 Å². The number of hydrogen-bond donors (Lipinski definition) is 1. The highest BCUT2D eigenvalue weighted by Crippen LogP contribution is 2.20. The van der Waals surface area contributed by atoms with Crippen LogP contribution in [-0.4, -0.2) is 4.92 Å². The van der Waals surface area contributed by atoms with Crippen molar-refractivity contribution >= 4 is 11.4 Å². The van der Waals surface area contributed by atoms with E-state index in [1.807, 2.05) is 24.3 Å². The van der Waals surface area contributed by atoms with Gasteiger partial charge in [0.1, 0.15) is 5.82 Å². The number of para-hydroxylation sites is 1. The van der Waals surface area contributed by atoms with Crippen LogP contribution in [0.2, 0.25) is 0 Å². The molecule has 0 aliphatic carbocycles. The maximum absolute atomic E-state index is 13.4. The first-order chi connectivity index (χ1) is 10.1. The highest BCUT2D eigenvalue weighted by molar-refractivity contribution is 5.51. The van der Waals surface area contributed by atoms with E-state index < -0.39 is 10.7 Å². The first-order valence-electron chi connectivity index (χ1n) is 6.85. The summed E-state index contributed by atoms with van der Waals surface area (Å²) in [5.41, 5.74) is 2.49. The number of rotatable bonds is 6. The van der Waals surface area contributed by atoms with Crippen molar-refractivity contribution in [3.63, 3.8) is 0 Å². The van der Waals surface area contributed by atoms with Gasteiger partial charge < -0.3 is 5.32 Å². The fraction of sp³-hybridized carbons (Fsp3) is 0.250. The van der Waals surface area contributed by atoms with E-state index in [1.54, 1.807) is 0 Å². The van der Waals surface area contributed by atoms with Crippen molar-refractivity contribution in [3.05, 3.63) is 69.5 Å². The number of nitro benzene ring substituents is 1. The molecule has 0 heterocycles. The summed E-state index contributed by atoms with van der Waals surface area (Å²) < 4.78 is 13.4. The number of non-ortho nitro benzene ring substituents is 1. The molecule has 0 amide bonds. The molecule has 0 aliphatic rings. The van der Waals surface area contributed by atoms with Crippen LogP contribution < -0.4 is 5.32 Å². The number of nitrogens with one attached hydrogen (secondary N) is 1. The number of nitrogens with zero attached hydrogens (tertiary/aromatic N) is 1. The molecule has 0 aromatic heterocycles. The Labute approximate surface area is 122 Å². The monoisotopic (exact) mass is 288 g/mol. The Balaban J connectivity index is 2.15. The molecule has 0 spiro atoms. The molecule has 2 aromatic carbocycles. The smallest absolute Gasteiger partial charge is 0.272 e. The van der Waals surface area contributed by atoms with Crippen molar-refractivity contribution in [1.29, 1.82) is 0 Å². The molecule has 0 saturated heterocycles.